The van der Waals surface area contributed by atoms with Crippen LogP contribution in [0.4, 0.5) is 0 Å². The largest absolute Gasteiger partial charge is 0.387 e. The highest BCUT2D eigenvalue weighted by atomic mass is 16.6. The Labute approximate surface area is 124 Å². The van der Waals surface area contributed by atoms with Crippen molar-refractivity contribution in [1.82, 2.24) is 0 Å². The molecule has 0 aromatic heterocycles. The summed E-state index contributed by atoms with van der Waals surface area (Å²) in [4.78, 5) is 0. The Kier molecular flexibility index (Phi) is 5.03. The van der Waals surface area contributed by atoms with Gasteiger partial charge in [-0.1, -0.05) is 0 Å². The van der Waals surface area contributed by atoms with Gasteiger partial charge in [0, 0.05) is 6.51 Å². The minimum Gasteiger partial charge on any atom is -0.387 e. The van der Waals surface area contributed by atoms with Crippen molar-refractivity contribution in [3.63, 3.8) is 0 Å². The van der Waals surface area contributed by atoms with Crippen LogP contribution in [0.25, 0.3) is 0 Å². The SMILES string of the molecule is CC(C)(O)C(C)(C)OC[B]C1COC(C)(C)C(C)(C)O1. The van der Waals surface area contributed by atoms with Gasteiger partial charge in [-0.2, -0.15) is 0 Å². The van der Waals surface area contributed by atoms with Gasteiger partial charge in [-0.3, -0.25) is 0 Å². The average molecular weight is 285 g/mol. The Morgan fingerprint density at radius 1 is 1.15 bits per heavy atom. The highest BCUT2D eigenvalue weighted by molar-refractivity contribution is 6.37. The third-order valence-electron chi connectivity index (χ3n) is 4.78. The van der Waals surface area contributed by atoms with Crippen molar-refractivity contribution in [2.45, 2.75) is 83.8 Å². The number of ether oxygens (including phenoxy) is 3. The van der Waals surface area contributed by atoms with Gasteiger partial charge in [-0.25, -0.2) is 0 Å². The zero-order valence-electron chi connectivity index (χ0n) is 14.2. The third kappa shape index (κ3) is 3.97. The maximum Gasteiger partial charge on any atom is 0.187 e. The molecule has 0 aromatic rings. The molecule has 1 heterocycles. The molecule has 0 bridgehead atoms. The standard InChI is InChI=1S/C15H30BO4/c1-12(2,17)13(3,4)19-10-16-11-9-18-14(5,6)15(7,8)20-11/h11,17H,9-10H2,1-8H3. The van der Waals surface area contributed by atoms with Gasteiger partial charge in [0.15, 0.2) is 7.28 Å². The van der Waals surface area contributed by atoms with Crippen molar-refractivity contribution in [2.24, 2.45) is 0 Å². The molecule has 0 amide bonds. The quantitative estimate of drug-likeness (QED) is 0.786. The lowest BCUT2D eigenvalue weighted by Crippen LogP contribution is -2.58. The summed E-state index contributed by atoms with van der Waals surface area (Å²) in [5.41, 5.74) is -2.16. The molecule has 1 rings (SSSR count). The first-order valence-corrected chi connectivity index (χ1v) is 7.30. The number of rotatable bonds is 5. The molecule has 0 saturated carbocycles. The molecule has 4 nitrogen and oxygen atoms in total. The summed E-state index contributed by atoms with van der Waals surface area (Å²) in [5, 5.41) is 10.0. The van der Waals surface area contributed by atoms with Gasteiger partial charge in [0.1, 0.15) is 0 Å². The number of hydrogen-bond donors (Lipinski definition) is 1. The van der Waals surface area contributed by atoms with Crippen LogP contribution in [-0.4, -0.2) is 53.9 Å². The van der Waals surface area contributed by atoms with E-state index in [4.69, 9.17) is 14.2 Å². The highest BCUT2D eigenvalue weighted by Gasteiger charge is 2.45. The molecule has 1 unspecified atom stereocenters. The van der Waals surface area contributed by atoms with Crippen LogP contribution in [-0.2, 0) is 14.2 Å². The lowest BCUT2D eigenvalue weighted by atomic mass is 9.70. The Morgan fingerprint density at radius 3 is 2.15 bits per heavy atom. The first-order valence-electron chi connectivity index (χ1n) is 7.30. The van der Waals surface area contributed by atoms with Crippen LogP contribution in [0.1, 0.15) is 55.4 Å². The summed E-state index contributed by atoms with van der Waals surface area (Å²) >= 11 is 0. The maximum atomic E-state index is 10.0. The molecule has 20 heavy (non-hydrogen) atoms. The fraction of sp³-hybridized carbons (Fsp3) is 1.00. The number of aliphatic hydroxyl groups is 1. The summed E-state index contributed by atoms with van der Waals surface area (Å²) in [6.45, 7) is 16.4. The predicted molar refractivity (Wildman–Crippen MR) is 81.1 cm³/mol. The van der Waals surface area contributed by atoms with Crippen LogP contribution in [0.3, 0.4) is 0 Å². The first-order chi connectivity index (χ1) is 8.79. The van der Waals surface area contributed by atoms with Crippen LogP contribution in [0.5, 0.6) is 0 Å². The summed E-state index contributed by atoms with van der Waals surface area (Å²) in [6, 6.07) is -0.0874. The van der Waals surface area contributed by atoms with Crippen LogP contribution in [0.2, 0.25) is 0 Å². The van der Waals surface area contributed by atoms with Gasteiger partial charge in [-0.15, -0.1) is 0 Å². The van der Waals surface area contributed by atoms with E-state index >= 15 is 0 Å². The van der Waals surface area contributed by atoms with Gasteiger partial charge >= 0.3 is 0 Å². The minimum absolute atomic E-state index is 0.0874. The van der Waals surface area contributed by atoms with Crippen LogP contribution >= 0.6 is 0 Å². The van der Waals surface area contributed by atoms with Crippen molar-refractivity contribution in [1.29, 1.82) is 0 Å². The van der Waals surface area contributed by atoms with Crippen LogP contribution in [0, 0.1) is 0 Å². The topological polar surface area (TPSA) is 47.9 Å². The summed E-state index contributed by atoms with van der Waals surface area (Å²) in [6.07, 6.45) is 0. The van der Waals surface area contributed by atoms with Crippen molar-refractivity contribution in [3.05, 3.63) is 0 Å². The van der Waals surface area contributed by atoms with E-state index in [1.807, 2.05) is 48.8 Å². The van der Waals surface area contributed by atoms with Crippen molar-refractivity contribution >= 4 is 7.28 Å². The second kappa shape index (κ2) is 5.60. The Hall–Kier alpha value is -0.0951. The van der Waals surface area contributed by atoms with Gasteiger partial charge in [0.25, 0.3) is 0 Å². The Balaban J connectivity index is 2.45. The molecule has 1 saturated heterocycles. The molecule has 1 aliphatic heterocycles. The molecule has 0 spiro atoms. The van der Waals surface area contributed by atoms with E-state index in [0.717, 1.165) is 0 Å². The highest BCUT2D eigenvalue weighted by Crippen LogP contribution is 2.34. The molecule has 0 aromatic carbocycles. The minimum atomic E-state index is -0.897. The summed E-state index contributed by atoms with van der Waals surface area (Å²) < 4.78 is 17.7. The molecule has 0 aliphatic carbocycles. The van der Waals surface area contributed by atoms with Crippen LogP contribution in [0.15, 0.2) is 0 Å². The fourth-order valence-electron chi connectivity index (χ4n) is 1.68. The zero-order chi connectivity index (χ0) is 15.8. The van der Waals surface area contributed by atoms with Crippen molar-refractivity contribution in [2.75, 3.05) is 13.1 Å². The Bertz CT molecular complexity index is 331. The normalized spacial score (nSPS) is 26.4. The van der Waals surface area contributed by atoms with Crippen LogP contribution < -0.4 is 0 Å². The molecule has 1 fully saturated rings. The van der Waals surface area contributed by atoms with E-state index in [2.05, 4.69) is 0 Å². The second-order valence-corrected chi connectivity index (χ2v) is 7.60. The third-order valence-corrected chi connectivity index (χ3v) is 4.78. The number of hydrogen-bond acceptors (Lipinski definition) is 4. The molecule has 1 radical (unpaired) electrons. The van der Waals surface area contributed by atoms with Gasteiger partial charge in [-0.05, 0) is 55.4 Å². The van der Waals surface area contributed by atoms with Gasteiger partial charge in [0.05, 0.1) is 35.0 Å². The van der Waals surface area contributed by atoms with Gasteiger partial charge in [0.2, 0.25) is 0 Å². The van der Waals surface area contributed by atoms with E-state index in [9.17, 15) is 5.11 Å². The predicted octanol–water partition coefficient (Wildman–Crippen LogP) is 2.14. The van der Waals surface area contributed by atoms with Gasteiger partial charge < -0.3 is 19.3 Å². The summed E-state index contributed by atoms with van der Waals surface area (Å²) in [7, 11) is 1.96. The monoisotopic (exact) mass is 285 g/mol. The zero-order valence-corrected chi connectivity index (χ0v) is 14.2. The fourth-order valence-corrected chi connectivity index (χ4v) is 1.68. The molecule has 1 aliphatic rings. The van der Waals surface area contributed by atoms with Crippen molar-refractivity contribution < 1.29 is 19.3 Å². The summed E-state index contributed by atoms with van der Waals surface area (Å²) in [5.74, 6) is 0. The van der Waals surface area contributed by atoms with E-state index in [1.165, 1.54) is 0 Å². The smallest absolute Gasteiger partial charge is 0.187 e. The van der Waals surface area contributed by atoms with E-state index in [0.29, 0.717) is 13.1 Å². The molecule has 1 atom stereocenters. The average Bonchev–Trinajstić information content (AvgIpc) is 2.21. The molecule has 117 valence electrons. The Morgan fingerprint density at radius 2 is 1.70 bits per heavy atom. The lowest BCUT2D eigenvalue weighted by Gasteiger charge is -2.48. The lowest BCUT2D eigenvalue weighted by molar-refractivity contribution is -0.244. The molecule has 5 heteroatoms. The van der Waals surface area contributed by atoms with E-state index in [1.54, 1.807) is 13.8 Å². The molecular formula is C15H30BO4. The van der Waals surface area contributed by atoms with E-state index < -0.39 is 11.2 Å². The molecule has 1 N–H and O–H groups in total. The second-order valence-electron chi connectivity index (χ2n) is 7.60. The first kappa shape index (κ1) is 18.0. The van der Waals surface area contributed by atoms with E-state index in [-0.39, 0.29) is 17.2 Å². The van der Waals surface area contributed by atoms with Crippen molar-refractivity contribution in [3.8, 4) is 0 Å². The molecular weight excluding hydrogens is 255 g/mol. The maximum absolute atomic E-state index is 10.0.